The summed E-state index contributed by atoms with van der Waals surface area (Å²) in [6, 6.07) is 0. The van der Waals surface area contributed by atoms with E-state index in [4.69, 9.17) is 0 Å². The van der Waals surface area contributed by atoms with Crippen LogP contribution in [0.4, 0.5) is 0 Å². The molecule has 0 aromatic rings. The highest BCUT2D eigenvalue weighted by molar-refractivity contribution is 5.99. The van der Waals surface area contributed by atoms with Crippen molar-refractivity contribution in [3.8, 4) is 0 Å². The van der Waals surface area contributed by atoms with Gasteiger partial charge >= 0.3 is 0 Å². The summed E-state index contributed by atoms with van der Waals surface area (Å²) < 4.78 is 0. The van der Waals surface area contributed by atoms with E-state index in [2.05, 4.69) is 122 Å². The first-order valence-corrected chi connectivity index (χ1v) is 17.0. The number of ketones is 2. The number of carbonyl (C=O) groups excluding carboxylic acids is 2. The van der Waals surface area contributed by atoms with Crippen LogP contribution in [0.25, 0.3) is 0 Å². The van der Waals surface area contributed by atoms with Gasteiger partial charge in [0.25, 0.3) is 0 Å². The molecule has 0 radical (unpaired) electrons. The van der Waals surface area contributed by atoms with Gasteiger partial charge in [0, 0.05) is 11.8 Å². The number of hydrogen-bond acceptors (Lipinski definition) is 2. The normalized spacial score (nSPS) is 23.4. The van der Waals surface area contributed by atoms with Crippen molar-refractivity contribution in [2.75, 3.05) is 0 Å². The number of allylic oxidation sites excluding steroid dienone is 22. The minimum atomic E-state index is 0.0443. The van der Waals surface area contributed by atoms with Gasteiger partial charge in [0.15, 0.2) is 11.6 Å². The first-order chi connectivity index (χ1) is 21.5. The average molecular weight is 623 g/mol. The Bertz CT molecular complexity index is 1410. The largest absolute Gasteiger partial charge is 0.294 e. The zero-order valence-electron chi connectivity index (χ0n) is 31.3. The monoisotopic (exact) mass is 622 g/mol. The van der Waals surface area contributed by atoms with Gasteiger partial charge in [-0.15, -0.1) is 0 Å². The lowest BCUT2D eigenvalue weighted by Crippen LogP contribution is -2.30. The van der Waals surface area contributed by atoms with Gasteiger partial charge in [-0.2, -0.15) is 0 Å². The number of hydrogen-bond donors (Lipinski definition) is 0. The molecule has 0 saturated carbocycles. The molecule has 0 heterocycles. The van der Waals surface area contributed by atoms with E-state index in [9.17, 15) is 9.59 Å². The maximum Gasteiger partial charge on any atom is 0.161 e. The van der Waals surface area contributed by atoms with E-state index in [-0.39, 0.29) is 28.4 Å². The van der Waals surface area contributed by atoms with Crippen LogP contribution in [-0.2, 0) is 9.59 Å². The van der Waals surface area contributed by atoms with Gasteiger partial charge in [0.2, 0.25) is 0 Å². The van der Waals surface area contributed by atoms with Crippen LogP contribution in [0, 0.1) is 22.7 Å². The molecule has 0 spiro atoms. The second-order valence-corrected chi connectivity index (χ2v) is 14.3. The minimum absolute atomic E-state index is 0.0443. The second-order valence-electron chi connectivity index (χ2n) is 14.3. The highest BCUT2D eigenvalue weighted by atomic mass is 16.1. The Morgan fingerprint density at radius 1 is 0.652 bits per heavy atom. The molecule has 2 aliphatic rings. The van der Waals surface area contributed by atoms with Crippen molar-refractivity contribution in [2.45, 2.75) is 109 Å². The Kier molecular flexibility index (Phi) is 16.9. The lowest BCUT2D eigenvalue weighted by Gasteiger charge is -2.35. The molecule has 0 fully saturated rings. The van der Waals surface area contributed by atoms with Crippen molar-refractivity contribution in [3.63, 3.8) is 0 Å². The van der Waals surface area contributed by atoms with E-state index in [1.165, 1.54) is 27.9 Å². The zero-order chi connectivity index (χ0) is 35.1. The van der Waals surface area contributed by atoms with Crippen molar-refractivity contribution >= 4 is 11.6 Å². The molecule has 0 aliphatic heterocycles. The van der Waals surface area contributed by atoms with Crippen LogP contribution in [0.2, 0.25) is 0 Å². The fourth-order valence-corrected chi connectivity index (χ4v) is 6.34. The number of Topliss-reactive ketones (excluding diaryl/α,β-unsaturated/α-hetero) is 2. The van der Waals surface area contributed by atoms with Gasteiger partial charge in [-0.25, -0.2) is 0 Å². The summed E-state index contributed by atoms with van der Waals surface area (Å²) >= 11 is 0. The van der Waals surface area contributed by atoms with E-state index in [0.717, 1.165) is 30.4 Å². The van der Waals surface area contributed by atoms with Crippen molar-refractivity contribution in [2.24, 2.45) is 22.7 Å². The molecule has 0 bridgehead atoms. The molecule has 2 atom stereocenters. The van der Waals surface area contributed by atoms with Crippen molar-refractivity contribution in [3.05, 3.63) is 130 Å². The van der Waals surface area contributed by atoms with E-state index < -0.39 is 0 Å². The smallest absolute Gasteiger partial charge is 0.161 e. The average Bonchev–Trinajstić information content (AvgIpc) is 2.97. The van der Waals surface area contributed by atoms with Crippen LogP contribution in [0.3, 0.4) is 0 Å². The maximum atomic E-state index is 12.3. The summed E-state index contributed by atoms with van der Waals surface area (Å²) in [5.41, 5.74) is 7.90. The summed E-state index contributed by atoms with van der Waals surface area (Å²) in [4.78, 5) is 24.5. The second kappa shape index (κ2) is 19.2. The molecule has 2 aliphatic carbocycles. The first-order valence-electron chi connectivity index (χ1n) is 17.0. The Balaban J connectivity index is 0.000000476. The molecule has 0 saturated heterocycles. The summed E-state index contributed by atoms with van der Waals surface area (Å²) in [5.74, 6) is 0.860. The van der Waals surface area contributed by atoms with Crippen molar-refractivity contribution < 1.29 is 9.59 Å². The molecule has 0 N–H and O–H groups in total. The van der Waals surface area contributed by atoms with Crippen molar-refractivity contribution in [1.82, 2.24) is 0 Å². The molecule has 0 amide bonds. The summed E-state index contributed by atoms with van der Waals surface area (Å²) in [5, 5.41) is 0. The molecule has 2 unspecified atom stereocenters. The molecule has 0 aromatic carbocycles. The van der Waals surface area contributed by atoms with Gasteiger partial charge in [0.05, 0.1) is 0 Å². The predicted molar refractivity (Wildman–Crippen MR) is 203 cm³/mol. The third-order valence-electron chi connectivity index (χ3n) is 8.78. The van der Waals surface area contributed by atoms with Crippen LogP contribution >= 0.6 is 0 Å². The zero-order valence-corrected chi connectivity index (χ0v) is 31.3. The highest BCUT2D eigenvalue weighted by Crippen LogP contribution is 2.43. The fraction of sp³-hybridized carbons (Fsp3) is 0.455. The van der Waals surface area contributed by atoms with E-state index in [0.29, 0.717) is 5.78 Å². The van der Waals surface area contributed by atoms with Crippen LogP contribution in [0.5, 0.6) is 0 Å². The van der Waals surface area contributed by atoms with Gasteiger partial charge < -0.3 is 0 Å². The summed E-state index contributed by atoms with van der Waals surface area (Å²) in [6.07, 6.45) is 34.1. The number of carbonyl (C=O) groups is 2. The molecular formula is C44H62O2. The molecule has 2 nitrogen and oxygen atoms in total. The van der Waals surface area contributed by atoms with Crippen molar-refractivity contribution in [1.29, 1.82) is 0 Å². The predicted octanol–water partition coefficient (Wildman–Crippen LogP) is 12.5. The highest BCUT2D eigenvalue weighted by Gasteiger charge is 2.36. The fourth-order valence-electron chi connectivity index (χ4n) is 6.34. The van der Waals surface area contributed by atoms with Gasteiger partial charge in [-0.05, 0) is 93.9 Å². The van der Waals surface area contributed by atoms with E-state index >= 15 is 0 Å². The molecular weight excluding hydrogens is 560 g/mol. The third kappa shape index (κ3) is 13.1. The molecule has 0 aromatic heterocycles. The van der Waals surface area contributed by atoms with E-state index in [1.54, 1.807) is 0 Å². The summed E-state index contributed by atoms with van der Waals surface area (Å²) in [6.45, 7) is 27.3. The molecule has 250 valence electrons. The molecule has 2 rings (SSSR count). The molecule has 2 heteroatoms. The Morgan fingerprint density at radius 3 is 1.50 bits per heavy atom. The quantitative estimate of drug-likeness (QED) is 0.227. The standard InChI is InChI=1S/C25H34O.C19H28O/c1-8-9-10-11-13-19(2)14-12-15-20(3)16-17-23-22(5)24(26)21(4)18-25(23,6)7;1-7-8-9-10-14(2)11-12-17-16(4)18(20)15(3)13-19(17,5)6/h8-17,21H,18H2,1-7H3;8-12,15H,7,13H2,1-6H3/b9-8-,11-10+,14-12+,17-16+,19-13+,20-15+;9-8+,12-11+,14-10+. The van der Waals surface area contributed by atoms with E-state index in [1.807, 2.05) is 58.9 Å². The first kappa shape index (κ1) is 40.5. The van der Waals surface area contributed by atoms with Gasteiger partial charge in [-0.1, -0.05) is 156 Å². The van der Waals surface area contributed by atoms with Gasteiger partial charge in [-0.3, -0.25) is 9.59 Å². The lowest BCUT2D eigenvalue weighted by atomic mass is 9.68. The van der Waals surface area contributed by atoms with Crippen LogP contribution in [0.15, 0.2) is 130 Å². The molecule has 46 heavy (non-hydrogen) atoms. The minimum Gasteiger partial charge on any atom is -0.294 e. The van der Waals surface area contributed by atoms with Crippen LogP contribution in [0.1, 0.15) is 109 Å². The Hall–Kier alpha value is -3.52. The maximum absolute atomic E-state index is 12.3. The SMILES string of the molecule is CC/C=C/C=C(C)/C=C/C1=C(C)C(=O)C(C)CC1(C)C.C\C=C/C=C/C=C(C)/C=C/C=C(C)/C=C/C1=C(C)C(=O)C(C)CC1(C)C. The third-order valence-corrected chi connectivity index (χ3v) is 8.78. The lowest BCUT2D eigenvalue weighted by molar-refractivity contribution is -0.121. The van der Waals surface area contributed by atoms with Crippen LogP contribution in [-0.4, -0.2) is 11.6 Å². The summed E-state index contributed by atoms with van der Waals surface area (Å²) in [7, 11) is 0. The number of rotatable bonds is 10. The Labute approximate surface area is 282 Å². The topological polar surface area (TPSA) is 34.1 Å². The van der Waals surface area contributed by atoms with Gasteiger partial charge in [0.1, 0.15) is 0 Å². The Morgan fingerprint density at radius 2 is 1.07 bits per heavy atom. The van der Waals surface area contributed by atoms with Crippen LogP contribution < -0.4 is 0 Å².